The fraction of sp³-hybridized carbons (Fsp3) is 0.464. The second kappa shape index (κ2) is 10.8. The molecule has 0 bridgehead atoms. The number of aromatic nitrogens is 2. The second-order valence-electron chi connectivity index (χ2n) is 10.1. The number of nitrogens with one attached hydrogen (secondary N) is 1. The molecule has 1 heterocycles. The van der Waals surface area contributed by atoms with Gasteiger partial charge in [0.15, 0.2) is 6.61 Å². The van der Waals surface area contributed by atoms with Crippen molar-refractivity contribution >= 4 is 22.6 Å². The van der Waals surface area contributed by atoms with Crippen LogP contribution in [0.15, 0.2) is 46.0 Å². The number of anilines is 1. The molecule has 5 rings (SSSR count). The largest absolute Gasteiger partial charge is 0.482 e. The number of halogens is 1. The van der Waals surface area contributed by atoms with Crippen molar-refractivity contribution in [2.24, 2.45) is 0 Å². The molecular weight excluding hydrogens is 477 g/mol. The lowest BCUT2D eigenvalue weighted by molar-refractivity contribution is -0.139. The number of carboxylic acid groups (broad SMARTS) is 1. The second-order valence-corrected chi connectivity index (χ2v) is 10.1. The zero-order valence-electron chi connectivity index (χ0n) is 20.7. The lowest BCUT2D eigenvalue weighted by Crippen LogP contribution is -2.41. The SMILES string of the molecule is O=C(O)COc1cccc(Cn2c(=O)c3cc(F)c(NC4CCCCC4)cc3n(C3CCCC3)c2=O)c1. The molecule has 0 unspecified atom stereocenters. The highest BCUT2D eigenvalue weighted by atomic mass is 19.1. The fourth-order valence-electron chi connectivity index (χ4n) is 5.69. The van der Waals surface area contributed by atoms with Gasteiger partial charge in [-0.25, -0.2) is 14.0 Å². The molecule has 0 atom stereocenters. The summed E-state index contributed by atoms with van der Waals surface area (Å²) in [6, 6.07) is 9.67. The molecule has 37 heavy (non-hydrogen) atoms. The average molecular weight is 510 g/mol. The van der Waals surface area contributed by atoms with E-state index in [-0.39, 0.29) is 24.0 Å². The molecule has 9 heteroatoms. The molecule has 2 aromatic carbocycles. The summed E-state index contributed by atoms with van der Waals surface area (Å²) in [5, 5.41) is 12.4. The number of aliphatic carboxylic acids is 1. The zero-order chi connectivity index (χ0) is 25.9. The van der Waals surface area contributed by atoms with Crippen molar-refractivity contribution in [3.05, 3.63) is 68.6 Å². The summed E-state index contributed by atoms with van der Waals surface area (Å²) in [4.78, 5) is 38.2. The summed E-state index contributed by atoms with van der Waals surface area (Å²) in [5.74, 6) is -1.27. The van der Waals surface area contributed by atoms with Crippen molar-refractivity contribution in [3.63, 3.8) is 0 Å². The molecule has 0 radical (unpaired) electrons. The highest BCUT2D eigenvalue weighted by Gasteiger charge is 2.25. The van der Waals surface area contributed by atoms with Gasteiger partial charge in [-0.15, -0.1) is 0 Å². The van der Waals surface area contributed by atoms with Crippen molar-refractivity contribution < 1.29 is 19.0 Å². The molecule has 2 fully saturated rings. The van der Waals surface area contributed by atoms with E-state index in [1.165, 1.54) is 12.5 Å². The number of hydrogen-bond donors (Lipinski definition) is 2. The summed E-state index contributed by atoms with van der Waals surface area (Å²) >= 11 is 0. The van der Waals surface area contributed by atoms with Crippen LogP contribution in [0, 0.1) is 5.82 Å². The van der Waals surface area contributed by atoms with Crippen LogP contribution in [0.4, 0.5) is 10.1 Å². The minimum Gasteiger partial charge on any atom is -0.482 e. The Morgan fingerprint density at radius 3 is 2.49 bits per heavy atom. The monoisotopic (exact) mass is 509 g/mol. The maximum atomic E-state index is 15.3. The molecule has 196 valence electrons. The Labute approximate surface area is 213 Å². The Morgan fingerprint density at radius 1 is 1.03 bits per heavy atom. The minimum absolute atomic E-state index is 0.0334. The van der Waals surface area contributed by atoms with Gasteiger partial charge in [-0.05, 0) is 55.5 Å². The van der Waals surface area contributed by atoms with Crippen LogP contribution >= 0.6 is 0 Å². The van der Waals surface area contributed by atoms with Gasteiger partial charge in [0.1, 0.15) is 11.6 Å². The van der Waals surface area contributed by atoms with E-state index < -0.39 is 29.6 Å². The van der Waals surface area contributed by atoms with Crippen molar-refractivity contribution in [1.29, 1.82) is 0 Å². The first-order valence-corrected chi connectivity index (χ1v) is 13.1. The zero-order valence-corrected chi connectivity index (χ0v) is 20.7. The van der Waals surface area contributed by atoms with E-state index >= 15 is 4.39 Å². The number of carbonyl (C=O) groups is 1. The van der Waals surface area contributed by atoms with E-state index in [0.717, 1.165) is 55.9 Å². The summed E-state index contributed by atoms with van der Waals surface area (Å²) in [6.45, 7) is -0.529. The average Bonchev–Trinajstić information content (AvgIpc) is 3.42. The lowest BCUT2D eigenvalue weighted by Gasteiger charge is -2.25. The first kappa shape index (κ1) is 25.0. The van der Waals surface area contributed by atoms with Gasteiger partial charge >= 0.3 is 11.7 Å². The van der Waals surface area contributed by atoms with Gasteiger partial charge in [0.25, 0.3) is 5.56 Å². The quantitative estimate of drug-likeness (QED) is 0.457. The van der Waals surface area contributed by atoms with Crippen LogP contribution < -0.4 is 21.3 Å². The van der Waals surface area contributed by atoms with E-state index in [9.17, 15) is 14.4 Å². The van der Waals surface area contributed by atoms with Crippen LogP contribution in [0.5, 0.6) is 5.75 Å². The van der Waals surface area contributed by atoms with Crippen molar-refractivity contribution in [2.45, 2.75) is 76.4 Å². The van der Waals surface area contributed by atoms with Gasteiger partial charge in [0.2, 0.25) is 0 Å². The predicted molar refractivity (Wildman–Crippen MR) is 139 cm³/mol. The minimum atomic E-state index is -1.10. The van der Waals surface area contributed by atoms with E-state index in [1.807, 2.05) is 0 Å². The first-order valence-electron chi connectivity index (χ1n) is 13.1. The van der Waals surface area contributed by atoms with Crippen LogP contribution in [0.25, 0.3) is 10.9 Å². The predicted octanol–water partition coefficient (Wildman–Crippen LogP) is 4.67. The topological polar surface area (TPSA) is 103 Å². The number of ether oxygens (including phenoxy) is 1. The van der Waals surface area contributed by atoms with Gasteiger partial charge in [0.05, 0.1) is 23.1 Å². The van der Waals surface area contributed by atoms with Gasteiger partial charge in [-0.1, -0.05) is 44.2 Å². The highest BCUT2D eigenvalue weighted by Crippen LogP contribution is 2.32. The van der Waals surface area contributed by atoms with Crippen LogP contribution in [-0.2, 0) is 11.3 Å². The molecule has 0 saturated heterocycles. The van der Waals surface area contributed by atoms with Crippen molar-refractivity contribution in [3.8, 4) is 5.75 Å². The van der Waals surface area contributed by atoms with Gasteiger partial charge in [-0.3, -0.25) is 13.9 Å². The molecule has 0 aliphatic heterocycles. The molecule has 2 saturated carbocycles. The van der Waals surface area contributed by atoms with Gasteiger partial charge in [-0.2, -0.15) is 0 Å². The maximum absolute atomic E-state index is 15.3. The Hall–Kier alpha value is -3.62. The van der Waals surface area contributed by atoms with E-state index in [0.29, 0.717) is 22.5 Å². The van der Waals surface area contributed by atoms with E-state index in [2.05, 4.69) is 5.32 Å². The Bertz CT molecular complexity index is 1420. The third-order valence-corrected chi connectivity index (χ3v) is 7.51. The number of benzene rings is 2. The van der Waals surface area contributed by atoms with E-state index in [4.69, 9.17) is 9.84 Å². The number of carboxylic acids is 1. The number of rotatable bonds is 8. The molecule has 2 aliphatic carbocycles. The molecule has 1 aromatic heterocycles. The highest BCUT2D eigenvalue weighted by molar-refractivity contribution is 5.82. The summed E-state index contributed by atoms with van der Waals surface area (Å²) in [5.41, 5.74) is 0.448. The first-order chi connectivity index (χ1) is 17.9. The van der Waals surface area contributed by atoms with Gasteiger partial charge in [0, 0.05) is 12.1 Å². The van der Waals surface area contributed by atoms with Gasteiger partial charge < -0.3 is 15.2 Å². The standard InChI is InChI=1S/C28H32FN3O5/c29-23-14-22-25(15-24(23)30-19-8-2-1-3-9-19)32(20-10-4-5-11-20)28(36)31(27(22)35)16-18-7-6-12-21(13-18)37-17-26(33)34/h6-7,12-15,19-20,30H,1-5,8-11,16-17H2,(H,33,34). The third-order valence-electron chi connectivity index (χ3n) is 7.51. The van der Waals surface area contributed by atoms with Crippen LogP contribution in [-0.4, -0.2) is 32.9 Å². The molecule has 8 nitrogen and oxygen atoms in total. The summed E-state index contributed by atoms with van der Waals surface area (Å²) in [7, 11) is 0. The third kappa shape index (κ3) is 5.40. The smallest absolute Gasteiger partial charge is 0.341 e. The van der Waals surface area contributed by atoms with Crippen molar-refractivity contribution in [2.75, 3.05) is 11.9 Å². The number of hydrogen-bond acceptors (Lipinski definition) is 5. The van der Waals surface area contributed by atoms with Crippen molar-refractivity contribution in [1.82, 2.24) is 9.13 Å². The molecular formula is C28H32FN3O5. The molecule has 2 N–H and O–H groups in total. The van der Waals surface area contributed by atoms with Crippen LogP contribution in [0.1, 0.15) is 69.4 Å². The Morgan fingerprint density at radius 2 is 1.76 bits per heavy atom. The Balaban J connectivity index is 1.58. The fourth-order valence-corrected chi connectivity index (χ4v) is 5.69. The molecule has 0 spiro atoms. The van der Waals surface area contributed by atoms with E-state index in [1.54, 1.807) is 34.9 Å². The summed E-state index contributed by atoms with van der Waals surface area (Å²) in [6.07, 6.45) is 8.99. The lowest BCUT2D eigenvalue weighted by atomic mass is 9.95. The molecule has 2 aliphatic rings. The van der Waals surface area contributed by atoms with Crippen LogP contribution in [0.2, 0.25) is 0 Å². The number of fused-ring (bicyclic) bond motifs is 1. The van der Waals surface area contributed by atoms with Crippen LogP contribution in [0.3, 0.4) is 0 Å². The summed E-state index contributed by atoms with van der Waals surface area (Å²) < 4.78 is 23.3. The molecule has 3 aromatic rings. The Kier molecular flexibility index (Phi) is 7.30. The normalized spacial score (nSPS) is 16.8. The maximum Gasteiger partial charge on any atom is 0.341 e. The number of nitrogens with zero attached hydrogens (tertiary/aromatic N) is 2. The molecule has 0 amide bonds.